The maximum Gasteiger partial charge on any atom is 0.329 e. The quantitative estimate of drug-likeness (QED) is 0.0251. The highest BCUT2D eigenvalue weighted by molar-refractivity contribution is 6.01. The molecular formula is C74H113N17O21. The topological polar surface area (TPSA) is 610 Å². The lowest BCUT2D eigenvalue weighted by atomic mass is 9.89. The van der Waals surface area contributed by atoms with Crippen LogP contribution in [0.4, 0.5) is 0 Å². The zero-order chi connectivity index (χ0) is 83.7. The number of aliphatic hydroxyl groups excluding tert-OH is 3. The number of aromatic amines is 1. The van der Waals surface area contributed by atoms with Crippen molar-refractivity contribution in [2.75, 3.05) is 53.5 Å². The van der Waals surface area contributed by atoms with Gasteiger partial charge in [-0.15, -0.1) is 0 Å². The summed E-state index contributed by atoms with van der Waals surface area (Å²) in [5.74, 6) is -18.7. The number of nitrogens with one attached hydrogen (secondary N) is 11. The third kappa shape index (κ3) is 29.3. The maximum atomic E-state index is 15.1. The number of amides is 13. The van der Waals surface area contributed by atoms with E-state index in [-0.39, 0.29) is 76.3 Å². The van der Waals surface area contributed by atoms with Crippen molar-refractivity contribution < 1.29 is 102 Å². The van der Waals surface area contributed by atoms with Gasteiger partial charge in [0.05, 0.1) is 38.6 Å². The van der Waals surface area contributed by atoms with Crippen molar-refractivity contribution in [1.29, 1.82) is 0 Å². The Bertz CT molecular complexity index is 3730. The standard InChI is InChI=1S/C74H113N17O21/c1-40(2)17-14-20-45-31-57(96)82-55(37-93)70(108)89-60(62(100)63(78)101)71(109)88-54(36-92)64(102)80-35-58(97)91(8)74(39-94,33-43-18-10-9-11-19-43)38-81-51(29-41(3)4)67(105)83-48(23-15-27-75)65(103)84-49(25-26-59(98)99)66(104)87-53(32-56(77)95)69(107)86-52(30-44-34-79-47-22-13-12-21-46(44)47)68(106)85-50(24-16-28-76)72(110)90(7)61(42(5)6)73(111)112-45/h9-13,18-19,21-22,34,39-42,45,48-55,60-62,79,81,92-93,100H,14-17,20,23-33,35-38,75-76H2,1-8H3,(H2,77,95)(H2,78,101)(H,80,102)(H,82,96)(H,83,105)(H,84,103)(H,85,106)(H,86,107)(H,87,104)(H,88,109)(H,89,108)(H,98,99). The number of rotatable bonds is 27. The molecule has 1 saturated heterocycles. The third-order valence-corrected chi connectivity index (χ3v) is 18.9. The number of carbonyl (C=O) groups is 16. The molecule has 0 bridgehead atoms. The number of H-pyrrole nitrogens is 1. The molecule has 0 aliphatic carbocycles. The first kappa shape index (κ1) is 93.8. The number of hydrogen-bond acceptors (Lipinski definition) is 23. The molecule has 38 heteroatoms. The average molecular weight is 1580 g/mol. The van der Waals surface area contributed by atoms with E-state index in [1.165, 1.54) is 14.1 Å². The van der Waals surface area contributed by atoms with Gasteiger partial charge in [-0.25, -0.2) is 4.79 Å². The summed E-state index contributed by atoms with van der Waals surface area (Å²) in [6.45, 7) is 6.50. The number of esters is 1. The molecule has 1 fully saturated rings. The molecule has 1 aliphatic heterocycles. The number of carbonyl (C=O) groups excluding carboxylic acids is 15. The van der Waals surface area contributed by atoms with Crippen LogP contribution in [0.1, 0.15) is 130 Å². The molecule has 13 atom stereocenters. The summed E-state index contributed by atoms with van der Waals surface area (Å²) < 4.78 is 6.02. The number of hydrogen-bond donors (Lipinski definition) is 19. The van der Waals surface area contributed by atoms with E-state index >= 15 is 4.79 Å². The fourth-order valence-corrected chi connectivity index (χ4v) is 12.6. The number of aromatic nitrogens is 1. The van der Waals surface area contributed by atoms with Crippen molar-refractivity contribution in [1.82, 2.24) is 68.0 Å². The summed E-state index contributed by atoms with van der Waals surface area (Å²) in [6.07, 6.45) is -4.89. The average Bonchev–Trinajstić information content (AvgIpc) is 1.08. The van der Waals surface area contributed by atoms with Crippen molar-refractivity contribution >= 4 is 106 Å². The van der Waals surface area contributed by atoms with Gasteiger partial charge in [0.25, 0.3) is 0 Å². The van der Waals surface area contributed by atoms with Gasteiger partial charge in [0.1, 0.15) is 72.3 Å². The highest BCUT2D eigenvalue weighted by atomic mass is 16.5. The second-order valence-electron chi connectivity index (χ2n) is 29.1. The number of para-hydroxylation sites is 1. The number of primary amides is 2. The lowest BCUT2D eigenvalue weighted by Crippen LogP contribution is -2.64. The number of carboxylic acid groups (broad SMARTS) is 1. The first-order valence-corrected chi connectivity index (χ1v) is 37.3. The fourth-order valence-electron chi connectivity index (χ4n) is 12.6. The first-order valence-electron chi connectivity index (χ1n) is 37.3. The monoisotopic (exact) mass is 1580 g/mol. The Morgan fingerprint density at radius 2 is 1.16 bits per heavy atom. The molecule has 112 heavy (non-hydrogen) atoms. The first-order chi connectivity index (χ1) is 52.9. The van der Waals surface area contributed by atoms with Gasteiger partial charge < -0.3 is 121 Å². The smallest absolute Gasteiger partial charge is 0.329 e. The number of cyclic esters (lactones) is 1. The minimum atomic E-state index is -2.59. The molecule has 3 aromatic rings. The van der Waals surface area contributed by atoms with Gasteiger partial charge in [-0.2, -0.15) is 0 Å². The Hall–Kier alpha value is -10.5. The number of aliphatic carboxylic acids is 1. The number of carboxylic acids is 1. The predicted molar refractivity (Wildman–Crippen MR) is 405 cm³/mol. The van der Waals surface area contributed by atoms with E-state index in [0.29, 0.717) is 41.2 Å². The van der Waals surface area contributed by atoms with Crippen LogP contribution in [-0.4, -0.2) is 262 Å². The number of likely N-dealkylation sites (N-methyl/N-ethyl adjacent to an activating group) is 2. The second-order valence-corrected chi connectivity index (χ2v) is 29.1. The normalized spacial score (nSPS) is 24.8. The molecule has 1 aliphatic rings. The summed E-state index contributed by atoms with van der Waals surface area (Å²) in [4.78, 5) is 230. The van der Waals surface area contributed by atoms with Gasteiger partial charge >= 0.3 is 11.9 Å². The van der Waals surface area contributed by atoms with Gasteiger partial charge in [0, 0.05) is 57.0 Å². The lowest BCUT2D eigenvalue weighted by molar-refractivity contribution is -0.162. The van der Waals surface area contributed by atoms with Crippen molar-refractivity contribution in [3.05, 3.63) is 71.9 Å². The summed E-state index contributed by atoms with van der Waals surface area (Å²) in [5.41, 5.74) is 22.5. The number of nitrogens with zero attached hydrogens (tertiary/aromatic N) is 2. The van der Waals surface area contributed by atoms with Crippen LogP contribution in [0.2, 0.25) is 0 Å². The molecule has 0 spiro atoms. The molecule has 2 heterocycles. The largest absolute Gasteiger partial charge is 0.481 e. The number of ether oxygens (including phenoxy) is 1. The zero-order valence-electron chi connectivity index (χ0n) is 64.6. The van der Waals surface area contributed by atoms with Gasteiger partial charge in [-0.05, 0) is 99.4 Å². The molecule has 4 rings (SSSR count). The molecule has 0 saturated carbocycles. The number of nitrogens with two attached hydrogens (primary N) is 4. The van der Waals surface area contributed by atoms with E-state index in [9.17, 15) is 92.3 Å². The Morgan fingerprint density at radius 3 is 1.73 bits per heavy atom. The van der Waals surface area contributed by atoms with E-state index in [1.807, 2.05) is 24.5 Å². The van der Waals surface area contributed by atoms with Crippen molar-refractivity contribution in [2.24, 2.45) is 40.7 Å². The van der Waals surface area contributed by atoms with E-state index in [0.717, 1.165) is 9.80 Å². The number of fused-ring (bicyclic) bond motifs is 1. The van der Waals surface area contributed by atoms with Crippen LogP contribution >= 0.6 is 0 Å². The van der Waals surface area contributed by atoms with E-state index < -0.39 is 225 Å². The molecule has 0 radical (unpaired) electrons. The minimum absolute atomic E-state index is 0.00360. The molecule has 1 aromatic heterocycles. The van der Waals surface area contributed by atoms with Gasteiger partial charge in [0.15, 0.2) is 6.10 Å². The highest BCUT2D eigenvalue weighted by Gasteiger charge is 2.43. The van der Waals surface area contributed by atoms with Crippen LogP contribution in [0, 0.1) is 17.8 Å². The summed E-state index contributed by atoms with van der Waals surface area (Å²) in [6, 6.07) is -2.64. The molecular weight excluding hydrogens is 1460 g/mol. The lowest BCUT2D eigenvalue weighted by Gasteiger charge is -2.39. The van der Waals surface area contributed by atoms with Gasteiger partial charge in [-0.1, -0.05) is 96.5 Å². The zero-order valence-corrected chi connectivity index (χ0v) is 64.6. The van der Waals surface area contributed by atoms with Crippen molar-refractivity contribution in [3.8, 4) is 0 Å². The van der Waals surface area contributed by atoms with Gasteiger partial charge in [-0.3, -0.25) is 67.1 Å². The van der Waals surface area contributed by atoms with Crippen LogP contribution in [0.25, 0.3) is 10.9 Å². The number of aldehydes is 1. The van der Waals surface area contributed by atoms with E-state index in [2.05, 4.69) is 47.5 Å². The van der Waals surface area contributed by atoms with Gasteiger partial charge in [0.2, 0.25) is 76.8 Å². The second kappa shape index (κ2) is 46.3. The third-order valence-electron chi connectivity index (χ3n) is 18.9. The molecule has 38 nitrogen and oxygen atoms in total. The van der Waals surface area contributed by atoms with Crippen molar-refractivity contribution in [3.63, 3.8) is 0 Å². The highest BCUT2D eigenvalue weighted by Crippen LogP contribution is 2.24. The van der Waals surface area contributed by atoms with E-state index in [4.69, 9.17) is 27.7 Å². The summed E-state index contributed by atoms with van der Waals surface area (Å²) >= 11 is 0. The molecule has 2 aromatic carbocycles. The van der Waals surface area contributed by atoms with Crippen LogP contribution in [0.15, 0.2) is 60.8 Å². The SMILES string of the molecule is CC(C)CCCC1CC(=O)NC(CO)C(=O)NC(C(O)C(N)=O)C(=O)NC(CO)C(=O)NCC(=O)N(C)C(C=O)(Cc2ccccc2)CNC(CC(C)C)C(=O)NC(CCCN)C(=O)NC(CCC(=O)O)C(=O)NC(CC(N)=O)C(=O)NC(Cc2c[nH]c3ccccc23)C(=O)NC(CCCN)C(=O)N(C)C(C(C)C)C(=O)O1. The summed E-state index contributed by atoms with van der Waals surface area (Å²) in [5, 5.41) is 66.7. The number of aliphatic hydroxyl groups is 3. The molecule has 620 valence electrons. The Morgan fingerprint density at radius 1 is 0.625 bits per heavy atom. The van der Waals surface area contributed by atoms with Crippen LogP contribution in [-0.2, 0) is 94.3 Å². The summed E-state index contributed by atoms with van der Waals surface area (Å²) in [7, 11) is 2.46. The Balaban J connectivity index is 1.93. The predicted octanol–water partition coefficient (Wildman–Crippen LogP) is -4.98. The van der Waals surface area contributed by atoms with Crippen molar-refractivity contribution in [2.45, 2.75) is 210 Å². The Labute approximate surface area is 649 Å². The minimum Gasteiger partial charge on any atom is -0.481 e. The van der Waals surface area contributed by atoms with Crippen LogP contribution < -0.4 is 76.1 Å². The van der Waals surface area contributed by atoms with Crippen LogP contribution in [0.3, 0.4) is 0 Å². The molecule has 23 N–H and O–H groups in total. The van der Waals surface area contributed by atoms with Crippen LogP contribution in [0.5, 0.6) is 0 Å². The fraction of sp³-hybridized carbons (Fsp3) is 0.595. The molecule has 13 amide bonds. The molecule has 13 unspecified atom stereocenters. The maximum absolute atomic E-state index is 15.1. The number of benzene rings is 2. The Kier molecular flexibility index (Phi) is 38.8. The van der Waals surface area contributed by atoms with E-state index in [1.54, 1.807) is 88.5 Å².